The van der Waals surface area contributed by atoms with Crippen LogP contribution in [0.3, 0.4) is 0 Å². The summed E-state index contributed by atoms with van der Waals surface area (Å²) in [7, 11) is 0. The van der Waals surface area contributed by atoms with Crippen LogP contribution in [0.5, 0.6) is 0 Å². The minimum Gasteiger partial charge on any atom is -0.310 e. The second-order valence-corrected chi connectivity index (χ2v) is 12.3. The zero-order valence-electron chi connectivity index (χ0n) is 21.9. The molecule has 8 rings (SSSR count). The standard InChI is InChI=1S/C37H22N2S2/c38-23-24-9-11-25(12-10-24)26-13-15-27(16-14-26)39(28-17-19-36-32(21-28)30-5-1-3-7-34(30)40-36)29-18-20-37-33(22-29)31-6-2-4-8-35(31)41-37/h1-22H. The first-order valence-electron chi connectivity index (χ1n) is 13.5. The van der Waals surface area contributed by atoms with Crippen molar-refractivity contribution in [1.29, 1.82) is 5.26 Å². The SMILES string of the molecule is N#Cc1ccc(-c2ccc(N(c3ccc4sc5ccccc5c4c3)c3ccc4sc5ccccc5c4c3)cc2)cc1. The molecule has 0 aliphatic carbocycles. The Bertz CT molecular complexity index is 2150. The topological polar surface area (TPSA) is 27.0 Å². The highest BCUT2D eigenvalue weighted by Crippen LogP contribution is 2.43. The summed E-state index contributed by atoms with van der Waals surface area (Å²) in [6, 6.07) is 49.7. The van der Waals surface area contributed by atoms with Gasteiger partial charge in [0.05, 0.1) is 11.6 Å². The zero-order valence-corrected chi connectivity index (χ0v) is 23.5. The smallest absolute Gasteiger partial charge is 0.0991 e. The predicted molar refractivity (Wildman–Crippen MR) is 177 cm³/mol. The van der Waals surface area contributed by atoms with Crippen LogP contribution in [0.15, 0.2) is 133 Å². The number of benzene rings is 6. The molecule has 192 valence electrons. The normalized spacial score (nSPS) is 11.4. The second-order valence-electron chi connectivity index (χ2n) is 10.1. The third-order valence-electron chi connectivity index (χ3n) is 7.71. The Labute approximate surface area is 245 Å². The first-order chi connectivity index (χ1) is 20.2. The number of thiophene rings is 2. The fourth-order valence-corrected chi connectivity index (χ4v) is 7.87. The van der Waals surface area contributed by atoms with E-state index in [-0.39, 0.29) is 0 Å². The summed E-state index contributed by atoms with van der Waals surface area (Å²) >= 11 is 3.69. The van der Waals surface area contributed by atoms with Crippen LogP contribution in [-0.2, 0) is 0 Å². The summed E-state index contributed by atoms with van der Waals surface area (Å²) in [6.07, 6.45) is 0. The van der Waals surface area contributed by atoms with E-state index in [4.69, 9.17) is 0 Å². The van der Waals surface area contributed by atoms with Crippen LogP contribution < -0.4 is 4.90 Å². The highest BCUT2D eigenvalue weighted by atomic mass is 32.1. The van der Waals surface area contributed by atoms with Crippen molar-refractivity contribution in [2.45, 2.75) is 0 Å². The summed E-state index contributed by atoms with van der Waals surface area (Å²) in [4.78, 5) is 2.36. The molecular weight excluding hydrogens is 537 g/mol. The molecule has 0 bridgehead atoms. The van der Waals surface area contributed by atoms with Gasteiger partial charge in [0.15, 0.2) is 0 Å². The van der Waals surface area contributed by atoms with Crippen LogP contribution in [0, 0.1) is 11.3 Å². The van der Waals surface area contributed by atoms with Gasteiger partial charge in [0, 0.05) is 57.4 Å². The Morgan fingerprint density at radius 2 is 0.878 bits per heavy atom. The average molecular weight is 559 g/mol. The lowest BCUT2D eigenvalue weighted by atomic mass is 10.0. The Balaban J connectivity index is 1.30. The van der Waals surface area contributed by atoms with E-state index < -0.39 is 0 Å². The number of rotatable bonds is 4. The van der Waals surface area contributed by atoms with Crippen LogP contribution in [-0.4, -0.2) is 0 Å². The Morgan fingerprint density at radius 3 is 1.39 bits per heavy atom. The number of nitriles is 1. The highest BCUT2D eigenvalue weighted by Gasteiger charge is 2.17. The van der Waals surface area contributed by atoms with Gasteiger partial charge in [-0.2, -0.15) is 5.26 Å². The molecule has 0 amide bonds. The number of fused-ring (bicyclic) bond motifs is 6. The molecule has 0 spiro atoms. The van der Waals surface area contributed by atoms with Gasteiger partial charge in [-0.1, -0.05) is 60.7 Å². The molecule has 8 aromatic rings. The molecule has 2 aromatic heterocycles. The molecule has 0 aliphatic rings. The number of hydrogen-bond acceptors (Lipinski definition) is 4. The zero-order chi connectivity index (χ0) is 27.3. The molecule has 0 N–H and O–H groups in total. The van der Waals surface area contributed by atoms with Gasteiger partial charge in [0.1, 0.15) is 0 Å². The molecule has 0 fully saturated rings. The fraction of sp³-hybridized carbons (Fsp3) is 0. The molecule has 4 heteroatoms. The van der Waals surface area contributed by atoms with Crippen molar-refractivity contribution >= 4 is 80.1 Å². The lowest BCUT2D eigenvalue weighted by Gasteiger charge is -2.26. The molecule has 0 atom stereocenters. The maximum absolute atomic E-state index is 9.18. The summed E-state index contributed by atoms with van der Waals surface area (Å²) in [6.45, 7) is 0. The van der Waals surface area contributed by atoms with Gasteiger partial charge in [-0.3, -0.25) is 0 Å². The maximum Gasteiger partial charge on any atom is 0.0991 e. The van der Waals surface area contributed by atoms with Crippen molar-refractivity contribution < 1.29 is 0 Å². The minimum atomic E-state index is 0.671. The van der Waals surface area contributed by atoms with E-state index in [1.165, 1.54) is 40.3 Å². The minimum absolute atomic E-state index is 0.671. The van der Waals surface area contributed by atoms with Crippen molar-refractivity contribution in [3.8, 4) is 17.2 Å². The number of hydrogen-bond donors (Lipinski definition) is 0. The van der Waals surface area contributed by atoms with Gasteiger partial charge in [0.2, 0.25) is 0 Å². The molecule has 0 saturated carbocycles. The van der Waals surface area contributed by atoms with Gasteiger partial charge in [-0.15, -0.1) is 22.7 Å². The molecule has 41 heavy (non-hydrogen) atoms. The first-order valence-corrected chi connectivity index (χ1v) is 15.1. The summed E-state index contributed by atoms with van der Waals surface area (Å²) in [5.41, 5.74) is 6.25. The largest absolute Gasteiger partial charge is 0.310 e. The molecule has 0 unspecified atom stereocenters. The van der Waals surface area contributed by atoms with Crippen LogP contribution in [0.2, 0.25) is 0 Å². The molecule has 0 aliphatic heterocycles. The van der Waals surface area contributed by atoms with E-state index >= 15 is 0 Å². The van der Waals surface area contributed by atoms with Gasteiger partial charge in [0.25, 0.3) is 0 Å². The van der Waals surface area contributed by atoms with E-state index in [1.807, 2.05) is 46.9 Å². The Morgan fingerprint density at radius 1 is 0.439 bits per heavy atom. The van der Waals surface area contributed by atoms with Crippen molar-refractivity contribution in [1.82, 2.24) is 0 Å². The van der Waals surface area contributed by atoms with Crippen LogP contribution in [0.4, 0.5) is 17.1 Å². The van der Waals surface area contributed by atoms with E-state index in [1.54, 1.807) is 0 Å². The van der Waals surface area contributed by atoms with Crippen molar-refractivity contribution in [2.75, 3.05) is 4.90 Å². The molecule has 6 aromatic carbocycles. The van der Waals surface area contributed by atoms with Gasteiger partial charge < -0.3 is 4.90 Å². The van der Waals surface area contributed by atoms with E-state index in [9.17, 15) is 5.26 Å². The Kier molecular flexibility index (Phi) is 5.60. The lowest BCUT2D eigenvalue weighted by Crippen LogP contribution is -2.09. The molecule has 0 radical (unpaired) electrons. The van der Waals surface area contributed by atoms with Gasteiger partial charge in [-0.05, 0) is 83.9 Å². The maximum atomic E-state index is 9.18. The van der Waals surface area contributed by atoms with E-state index in [0.29, 0.717) is 5.56 Å². The highest BCUT2D eigenvalue weighted by molar-refractivity contribution is 7.26. The summed E-state index contributed by atoms with van der Waals surface area (Å²) in [5.74, 6) is 0. The number of anilines is 3. The molecule has 0 saturated heterocycles. The third kappa shape index (κ3) is 4.06. The molecule has 2 heterocycles. The number of nitrogens with zero attached hydrogens (tertiary/aromatic N) is 2. The first kappa shape index (κ1) is 23.9. The quantitative estimate of drug-likeness (QED) is 0.215. The van der Waals surface area contributed by atoms with Crippen LogP contribution in [0.1, 0.15) is 5.56 Å². The lowest BCUT2D eigenvalue weighted by molar-refractivity contribution is 1.30. The van der Waals surface area contributed by atoms with Crippen molar-refractivity contribution in [3.05, 3.63) is 139 Å². The second kappa shape index (κ2) is 9.60. The van der Waals surface area contributed by atoms with Gasteiger partial charge >= 0.3 is 0 Å². The monoisotopic (exact) mass is 558 g/mol. The average Bonchev–Trinajstić information content (AvgIpc) is 3.59. The molecular formula is C37H22N2S2. The van der Waals surface area contributed by atoms with Crippen molar-refractivity contribution in [3.63, 3.8) is 0 Å². The predicted octanol–water partition coefficient (Wildman–Crippen LogP) is 11.4. The summed E-state index contributed by atoms with van der Waals surface area (Å²) in [5, 5.41) is 14.3. The third-order valence-corrected chi connectivity index (χ3v) is 10.0. The van der Waals surface area contributed by atoms with Crippen molar-refractivity contribution in [2.24, 2.45) is 0 Å². The van der Waals surface area contributed by atoms with E-state index in [2.05, 4.69) is 120 Å². The fourth-order valence-electron chi connectivity index (χ4n) is 5.69. The van der Waals surface area contributed by atoms with Crippen LogP contribution in [0.25, 0.3) is 51.5 Å². The molecule has 2 nitrogen and oxygen atoms in total. The van der Waals surface area contributed by atoms with Crippen LogP contribution >= 0.6 is 22.7 Å². The van der Waals surface area contributed by atoms with E-state index in [0.717, 1.165) is 28.2 Å². The summed E-state index contributed by atoms with van der Waals surface area (Å²) < 4.78 is 5.21. The Hall–Kier alpha value is -4.95. The van der Waals surface area contributed by atoms with Gasteiger partial charge in [-0.25, -0.2) is 0 Å².